The fourth-order valence-corrected chi connectivity index (χ4v) is 1.97. The van der Waals surface area contributed by atoms with Gasteiger partial charge >= 0.3 is 0 Å². The lowest BCUT2D eigenvalue weighted by Gasteiger charge is -2.16. The van der Waals surface area contributed by atoms with Gasteiger partial charge in [0.25, 0.3) is 0 Å². The Balaban J connectivity index is 1.94. The van der Waals surface area contributed by atoms with Crippen LogP contribution < -0.4 is 10.1 Å². The molecule has 1 N–H and O–H groups in total. The fraction of sp³-hybridized carbons (Fsp3) is 0.250. The second-order valence-corrected chi connectivity index (χ2v) is 5.18. The second kappa shape index (κ2) is 6.96. The molecule has 2 rings (SSSR count). The van der Waals surface area contributed by atoms with Crippen molar-refractivity contribution in [1.82, 2.24) is 4.98 Å². The number of aromatic nitrogens is 1. The molecule has 1 unspecified atom stereocenters. The largest absolute Gasteiger partial charge is 0.491 e. The molecular weight excluding hydrogens is 286 g/mol. The number of rotatable bonds is 5. The summed E-state index contributed by atoms with van der Waals surface area (Å²) in [4.78, 5) is 4.14. The normalized spacial score (nSPS) is 11.5. The van der Waals surface area contributed by atoms with Gasteiger partial charge in [0.15, 0.2) is 0 Å². The molecule has 0 aliphatic rings. The van der Waals surface area contributed by atoms with Gasteiger partial charge in [0.05, 0.1) is 11.6 Å². The van der Waals surface area contributed by atoms with Crippen LogP contribution >= 0.6 is 11.6 Å². The van der Waals surface area contributed by atoms with Gasteiger partial charge in [-0.2, -0.15) is 5.26 Å². The van der Waals surface area contributed by atoms with E-state index in [0.29, 0.717) is 23.0 Å². The Morgan fingerprint density at radius 2 is 2.05 bits per heavy atom. The van der Waals surface area contributed by atoms with E-state index in [0.717, 1.165) is 5.75 Å². The molecule has 0 radical (unpaired) electrons. The first-order valence-electron chi connectivity index (χ1n) is 6.60. The third-order valence-electron chi connectivity index (χ3n) is 2.91. The van der Waals surface area contributed by atoms with Crippen LogP contribution in [0.4, 0.5) is 5.82 Å². The summed E-state index contributed by atoms with van der Waals surface area (Å²) in [6.07, 6.45) is 1.56. The summed E-state index contributed by atoms with van der Waals surface area (Å²) in [5, 5.41) is 12.4. The molecule has 1 aromatic carbocycles. The summed E-state index contributed by atoms with van der Waals surface area (Å²) >= 11 is 6.10. The summed E-state index contributed by atoms with van der Waals surface area (Å²) in [5.41, 5.74) is 1.60. The van der Waals surface area contributed by atoms with Crippen LogP contribution in [0.15, 0.2) is 36.5 Å². The van der Waals surface area contributed by atoms with E-state index < -0.39 is 0 Å². The molecule has 4 nitrogen and oxygen atoms in total. The lowest BCUT2D eigenvalue weighted by atomic mass is 10.2. The molecule has 0 aliphatic heterocycles. The number of nitriles is 1. The summed E-state index contributed by atoms with van der Waals surface area (Å²) in [7, 11) is 0. The molecule has 108 valence electrons. The number of benzene rings is 1. The summed E-state index contributed by atoms with van der Waals surface area (Å²) in [6.45, 7) is 4.47. The molecule has 0 spiro atoms. The lowest BCUT2D eigenvalue weighted by Crippen LogP contribution is -2.24. The van der Waals surface area contributed by atoms with Crippen molar-refractivity contribution in [2.75, 3.05) is 11.9 Å². The molecule has 1 heterocycles. The van der Waals surface area contributed by atoms with Crippen LogP contribution in [-0.4, -0.2) is 17.6 Å². The second-order valence-electron chi connectivity index (χ2n) is 4.80. The molecule has 0 bridgehead atoms. The van der Waals surface area contributed by atoms with Gasteiger partial charge in [0.2, 0.25) is 0 Å². The summed E-state index contributed by atoms with van der Waals surface area (Å²) in [5.74, 6) is 1.31. The van der Waals surface area contributed by atoms with Crippen molar-refractivity contribution in [3.05, 3.63) is 52.7 Å². The molecule has 0 amide bonds. The number of ether oxygens (including phenoxy) is 1. The third kappa shape index (κ3) is 4.11. The number of nitrogens with one attached hydrogen (secondary N) is 1. The van der Waals surface area contributed by atoms with Gasteiger partial charge in [-0.3, -0.25) is 0 Å². The molecule has 0 fully saturated rings. The van der Waals surface area contributed by atoms with Gasteiger partial charge in [-0.05, 0) is 32.0 Å². The van der Waals surface area contributed by atoms with E-state index in [4.69, 9.17) is 21.6 Å². The molecule has 1 aromatic heterocycles. The van der Waals surface area contributed by atoms with E-state index >= 15 is 0 Å². The van der Waals surface area contributed by atoms with Crippen molar-refractivity contribution in [1.29, 1.82) is 5.26 Å². The quantitative estimate of drug-likeness (QED) is 0.912. The van der Waals surface area contributed by atoms with Crippen LogP contribution in [0.5, 0.6) is 5.75 Å². The highest BCUT2D eigenvalue weighted by molar-refractivity contribution is 6.34. The Labute approximate surface area is 129 Å². The van der Waals surface area contributed by atoms with Crippen LogP contribution in [0.2, 0.25) is 5.02 Å². The maximum Gasteiger partial charge on any atom is 0.146 e. The minimum atomic E-state index is 0.00486. The zero-order valence-corrected chi connectivity index (χ0v) is 12.7. The Morgan fingerprint density at radius 3 is 2.71 bits per heavy atom. The monoisotopic (exact) mass is 301 g/mol. The Hall–Kier alpha value is -2.25. The first kappa shape index (κ1) is 15.1. The highest BCUT2D eigenvalue weighted by Crippen LogP contribution is 2.23. The predicted octanol–water partition coefficient (Wildman–Crippen LogP) is 3.79. The van der Waals surface area contributed by atoms with Crippen LogP contribution in [0, 0.1) is 18.3 Å². The number of aryl methyl sites for hydroxylation is 1. The Morgan fingerprint density at radius 1 is 1.33 bits per heavy atom. The van der Waals surface area contributed by atoms with Gasteiger partial charge in [-0.15, -0.1) is 0 Å². The number of hydrogen-bond acceptors (Lipinski definition) is 4. The minimum absolute atomic E-state index is 0.00486. The van der Waals surface area contributed by atoms with Gasteiger partial charge in [0, 0.05) is 6.20 Å². The van der Waals surface area contributed by atoms with Crippen molar-refractivity contribution in [3.8, 4) is 11.8 Å². The molecule has 2 aromatic rings. The standard InChI is InChI=1S/C16H16ClN3O/c1-11-3-5-14(6-4-11)21-10-12(2)20-16-15(17)13(9-18)7-8-19-16/h3-8,12H,10H2,1-2H3,(H,19,20). The van der Waals surface area contributed by atoms with E-state index in [1.807, 2.05) is 44.2 Å². The number of pyridine rings is 1. The molecular formula is C16H16ClN3O. The first-order valence-corrected chi connectivity index (χ1v) is 6.98. The van der Waals surface area contributed by atoms with E-state index in [1.54, 1.807) is 12.3 Å². The molecule has 0 aliphatic carbocycles. The van der Waals surface area contributed by atoms with Crippen molar-refractivity contribution in [2.45, 2.75) is 19.9 Å². The van der Waals surface area contributed by atoms with Crippen molar-refractivity contribution < 1.29 is 4.74 Å². The van der Waals surface area contributed by atoms with E-state index in [1.165, 1.54) is 5.56 Å². The molecule has 21 heavy (non-hydrogen) atoms. The van der Waals surface area contributed by atoms with Crippen molar-refractivity contribution in [3.63, 3.8) is 0 Å². The molecule has 5 heteroatoms. The van der Waals surface area contributed by atoms with Crippen LogP contribution in [0.3, 0.4) is 0 Å². The summed E-state index contributed by atoms with van der Waals surface area (Å²) in [6, 6.07) is 11.5. The van der Waals surface area contributed by atoms with Gasteiger partial charge in [-0.25, -0.2) is 4.98 Å². The fourth-order valence-electron chi connectivity index (χ4n) is 1.76. The third-order valence-corrected chi connectivity index (χ3v) is 3.30. The van der Waals surface area contributed by atoms with E-state index in [-0.39, 0.29) is 6.04 Å². The average Bonchev–Trinajstić information content (AvgIpc) is 2.49. The molecule has 0 saturated heterocycles. The van der Waals surface area contributed by atoms with Gasteiger partial charge in [-0.1, -0.05) is 29.3 Å². The average molecular weight is 302 g/mol. The zero-order valence-electron chi connectivity index (χ0n) is 11.9. The molecule has 1 atom stereocenters. The maximum atomic E-state index is 8.94. The number of halogens is 1. The summed E-state index contributed by atoms with van der Waals surface area (Å²) < 4.78 is 5.69. The number of anilines is 1. The smallest absolute Gasteiger partial charge is 0.146 e. The van der Waals surface area contributed by atoms with Crippen molar-refractivity contribution in [2.24, 2.45) is 0 Å². The molecule has 0 saturated carbocycles. The predicted molar refractivity (Wildman–Crippen MR) is 83.7 cm³/mol. The maximum absolute atomic E-state index is 8.94. The highest BCUT2D eigenvalue weighted by atomic mass is 35.5. The first-order chi connectivity index (χ1) is 10.1. The van der Waals surface area contributed by atoms with E-state index in [2.05, 4.69) is 10.3 Å². The SMILES string of the molecule is Cc1ccc(OCC(C)Nc2nccc(C#N)c2Cl)cc1. The Kier molecular flexibility index (Phi) is 5.02. The minimum Gasteiger partial charge on any atom is -0.491 e. The lowest BCUT2D eigenvalue weighted by molar-refractivity contribution is 0.303. The highest BCUT2D eigenvalue weighted by Gasteiger charge is 2.10. The van der Waals surface area contributed by atoms with Gasteiger partial charge in [0.1, 0.15) is 29.3 Å². The van der Waals surface area contributed by atoms with Crippen molar-refractivity contribution >= 4 is 17.4 Å². The van der Waals surface area contributed by atoms with E-state index in [9.17, 15) is 0 Å². The zero-order chi connectivity index (χ0) is 15.2. The van der Waals surface area contributed by atoms with Crippen LogP contribution in [-0.2, 0) is 0 Å². The topological polar surface area (TPSA) is 57.9 Å². The Bertz CT molecular complexity index is 650. The number of nitrogens with zero attached hydrogens (tertiary/aromatic N) is 2. The van der Waals surface area contributed by atoms with Crippen LogP contribution in [0.25, 0.3) is 0 Å². The number of hydrogen-bond donors (Lipinski definition) is 1. The van der Waals surface area contributed by atoms with Gasteiger partial charge < -0.3 is 10.1 Å². The van der Waals surface area contributed by atoms with Crippen LogP contribution in [0.1, 0.15) is 18.1 Å².